The molecule has 0 aliphatic rings. The lowest BCUT2D eigenvalue weighted by atomic mass is 10.0. The van der Waals surface area contributed by atoms with Crippen LogP contribution in [0, 0.1) is 0 Å². The summed E-state index contributed by atoms with van der Waals surface area (Å²) in [5, 5.41) is 3.70. The van der Waals surface area contributed by atoms with E-state index in [1.165, 1.54) is 36.8 Å². The molecule has 1 atom stereocenters. The third-order valence-corrected chi connectivity index (χ3v) is 4.83. The smallest absolute Gasteiger partial charge is 0.119 e. The summed E-state index contributed by atoms with van der Waals surface area (Å²) in [6, 6.07) is 19.8. The molecule has 2 heteroatoms. The van der Waals surface area contributed by atoms with Crippen molar-refractivity contribution in [3.05, 3.63) is 65.7 Å². The summed E-state index contributed by atoms with van der Waals surface area (Å²) in [7, 11) is 0. The minimum atomic E-state index is 0.421. The van der Waals surface area contributed by atoms with Gasteiger partial charge in [0.25, 0.3) is 0 Å². The summed E-state index contributed by atoms with van der Waals surface area (Å²) in [5.41, 5.74) is 2.77. The van der Waals surface area contributed by atoms with Gasteiger partial charge >= 0.3 is 0 Å². The SMILES string of the molecule is CCCCCCOc1ccc(C(CC)NCCCc2ccccc2)cc1. The quantitative estimate of drug-likeness (QED) is 0.425. The lowest BCUT2D eigenvalue weighted by Crippen LogP contribution is -2.22. The maximum atomic E-state index is 5.85. The topological polar surface area (TPSA) is 21.3 Å². The van der Waals surface area contributed by atoms with E-state index in [0.29, 0.717) is 6.04 Å². The molecule has 0 aromatic heterocycles. The second kappa shape index (κ2) is 12.5. The molecular weight excluding hydrogens is 318 g/mol. The zero-order valence-electron chi connectivity index (χ0n) is 16.5. The second-order valence-corrected chi connectivity index (χ2v) is 6.98. The van der Waals surface area contributed by atoms with Gasteiger partial charge in [0, 0.05) is 6.04 Å². The Bertz CT molecular complexity index is 579. The van der Waals surface area contributed by atoms with E-state index in [0.717, 1.165) is 38.2 Å². The van der Waals surface area contributed by atoms with Gasteiger partial charge in [0.1, 0.15) is 5.75 Å². The van der Waals surface area contributed by atoms with Crippen LogP contribution >= 0.6 is 0 Å². The molecule has 0 saturated carbocycles. The van der Waals surface area contributed by atoms with E-state index < -0.39 is 0 Å². The molecule has 0 radical (unpaired) electrons. The maximum absolute atomic E-state index is 5.85. The summed E-state index contributed by atoms with van der Waals surface area (Å²) in [4.78, 5) is 0. The minimum Gasteiger partial charge on any atom is -0.494 e. The van der Waals surface area contributed by atoms with Gasteiger partial charge < -0.3 is 10.1 Å². The summed E-state index contributed by atoms with van der Waals surface area (Å²) in [5.74, 6) is 0.990. The highest BCUT2D eigenvalue weighted by atomic mass is 16.5. The van der Waals surface area contributed by atoms with Gasteiger partial charge in [-0.15, -0.1) is 0 Å². The Kier molecular flexibility index (Phi) is 9.89. The van der Waals surface area contributed by atoms with Crippen molar-refractivity contribution < 1.29 is 4.74 Å². The molecule has 0 aliphatic heterocycles. The monoisotopic (exact) mass is 353 g/mol. The maximum Gasteiger partial charge on any atom is 0.119 e. The average Bonchev–Trinajstić information content (AvgIpc) is 2.69. The van der Waals surface area contributed by atoms with Crippen molar-refractivity contribution in [2.24, 2.45) is 0 Å². The van der Waals surface area contributed by atoms with E-state index in [4.69, 9.17) is 4.74 Å². The molecule has 2 rings (SSSR count). The van der Waals surface area contributed by atoms with Gasteiger partial charge in [-0.3, -0.25) is 0 Å². The first-order valence-corrected chi connectivity index (χ1v) is 10.3. The van der Waals surface area contributed by atoms with Crippen LogP contribution in [0.1, 0.15) is 69.5 Å². The Hall–Kier alpha value is -1.80. The van der Waals surface area contributed by atoms with E-state index in [1.54, 1.807) is 0 Å². The van der Waals surface area contributed by atoms with E-state index in [2.05, 4.69) is 73.8 Å². The molecule has 0 saturated heterocycles. The van der Waals surface area contributed by atoms with Gasteiger partial charge in [-0.2, -0.15) is 0 Å². The van der Waals surface area contributed by atoms with Crippen molar-refractivity contribution in [3.8, 4) is 5.75 Å². The standard InChI is InChI=1S/C24H35NO/c1-3-5-6-10-20-26-23-17-15-22(16-18-23)24(4-2)25-19-11-14-21-12-8-7-9-13-21/h7-9,12-13,15-18,24-25H,3-6,10-11,14,19-20H2,1-2H3. The molecule has 0 spiro atoms. The molecule has 0 aliphatic carbocycles. The van der Waals surface area contributed by atoms with Crippen LogP contribution in [0.15, 0.2) is 54.6 Å². The largest absolute Gasteiger partial charge is 0.494 e. The molecule has 0 heterocycles. The van der Waals surface area contributed by atoms with Crippen LogP contribution < -0.4 is 10.1 Å². The summed E-state index contributed by atoms with van der Waals surface area (Å²) >= 11 is 0. The van der Waals surface area contributed by atoms with Crippen molar-refractivity contribution in [1.82, 2.24) is 5.32 Å². The highest BCUT2D eigenvalue weighted by Gasteiger charge is 2.08. The summed E-state index contributed by atoms with van der Waals surface area (Å²) in [6.45, 7) is 6.35. The Morgan fingerprint density at radius 1 is 0.846 bits per heavy atom. The second-order valence-electron chi connectivity index (χ2n) is 6.98. The fourth-order valence-electron chi connectivity index (χ4n) is 3.23. The number of unbranched alkanes of at least 4 members (excludes halogenated alkanes) is 3. The third-order valence-electron chi connectivity index (χ3n) is 4.83. The Morgan fingerprint density at radius 2 is 1.62 bits per heavy atom. The molecule has 1 N–H and O–H groups in total. The van der Waals surface area contributed by atoms with E-state index >= 15 is 0 Å². The molecule has 0 amide bonds. The highest BCUT2D eigenvalue weighted by Crippen LogP contribution is 2.20. The molecule has 142 valence electrons. The fraction of sp³-hybridized carbons (Fsp3) is 0.500. The van der Waals surface area contributed by atoms with Crippen molar-refractivity contribution in [2.45, 2.75) is 64.8 Å². The van der Waals surface area contributed by atoms with Gasteiger partial charge in [0.05, 0.1) is 6.61 Å². The van der Waals surface area contributed by atoms with Crippen LogP contribution in [-0.2, 0) is 6.42 Å². The first-order chi connectivity index (χ1) is 12.8. The normalized spacial score (nSPS) is 12.1. The Labute approximate surface area is 160 Å². The van der Waals surface area contributed by atoms with Crippen molar-refractivity contribution in [3.63, 3.8) is 0 Å². The first kappa shape index (κ1) is 20.5. The van der Waals surface area contributed by atoms with Gasteiger partial charge in [0.2, 0.25) is 0 Å². The number of rotatable bonds is 13. The molecule has 0 bridgehead atoms. The number of hydrogen-bond acceptors (Lipinski definition) is 2. The van der Waals surface area contributed by atoms with Gasteiger partial charge in [-0.1, -0.05) is 75.6 Å². The average molecular weight is 354 g/mol. The minimum absolute atomic E-state index is 0.421. The molecule has 2 aromatic carbocycles. The molecular formula is C24H35NO. The number of benzene rings is 2. The van der Waals surface area contributed by atoms with Gasteiger partial charge in [-0.25, -0.2) is 0 Å². The molecule has 26 heavy (non-hydrogen) atoms. The molecule has 2 nitrogen and oxygen atoms in total. The zero-order valence-corrected chi connectivity index (χ0v) is 16.5. The number of ether oxygens (including phenoxy) is 1. The highest BCUT2D eigenvalue weighted by molar-refractivity contribution is 5.29. The summed E-state index contributed by atoms with van der Waals surface area (Å²) < 4.78 is 5.85. The van der Waals surface area contributed by atoms with E-state index in [9.17, 15) is 0 Å². The summed E-state index contributed by atoms with van der Waals surface area (Å²) in [6.07, 6.45) is 8.38. The number of hydrogen-bond donors (Lipinski definition) is 1. The third kappa shape index (κ3) is 7.61. The fourth-order valence-corrected chi connectivity index (χ4v) is 3.23. The Balaban J connectivity index is 1.71. The number of aryl methyl sites for hydroxylation is 1. The van der Waals surface area contributed by atoms with Crippen LogP contribution in [0.3, 0.4) is 0 Å². The van der Waals surface area contributed by atoms with Crippen molar-refractivity contribution in [1.29, 1.82) is 0 Å². The predicted molar refractivity (Wildman–Crippen MR) is 112 cm³/mol. The van der Waals surface area contributed by atoms with Crippen molar-refractivity contribution in [2.75, 3.05) is 13.2 Å². The Morgan fingerprint density at radius 3 is 2.31 bits per heavy atom. The van der Waals surface area contributed by atoms with Crippen LogP contribution in [0.4, 0.5) is 0 Å². The molecule has 1 unspecified atom stereocenters. The molecule has 0 fully saturated rings. The lowest BCUT2D eigenvalue weighted by molar-refractivity contribution is 0.305. The van der Waals surface area contributed by atoms with Gasteiger partial charge in [0.15, 0.2) is 0 Å². The van der Waals surface area contributed by atoms with Crippen LogP contribution in [-0.4, -0.2) is 13.2 Å². The van der Waals surface area contributed by atoms with Gasteiger partial charge in [-0.05, 0) is 55.5 Å². The zero-order chi connectivity index (χ0) is 18.5. The predicted octanol–water partition coefficient (Wildman–Crippen LogP) is 6.32. The van der Waals surface area contributed by atoms with Crippen LogP contribution in [0.25, 0.3) is 0 Å². The van der Waals surface area contributed by atoms with Crippen molar-refractivity contribution >= 4 is 0 Å². The van der Waals surface area contributed by atoms with E-state index in [1.807, 2.05) is 0 Å². The lowest BCUT2D eigenvalue weighted by Gasteiger charge is -2.18. The van der Waals surface area contributed by atoms with Crippen LogP contribution in [0.5, 0.6) is 5.75 Å². The number of nitrogens with one attached hydrogen (secondary N) is 1. The van der Waals surface area contributed by atoms with E-state index in [-0.39, 0.29) is 0 Å². The molecule has 2 aromatic rings. The van der Waals surface area contributed by atoms with Crippen LogP contribution in [0.2, 0.25) is 0 Å². The first-order valence-electron chi connectivity index (χ1n) is 10.3.